The van der Waals surface area contributed by atoms with Crippen LogP contribution in [0.4, 0.5) is 0 Å². The van der Waals surface area contributed by atoms with Gasteiger partial charge in [0.15, 0.2) is 0 Å². The summed E-state index contributed by atoms with van der Waals surface area (Å²) in [6.07, 6.45) is 0.225. The van der Waals surface area contributed by atoms with Crippen molar-refractivity contribution >= 4 is 0 Å². The van der Waals surface area contributed by atoms with E-state index in [-0.39, 0.29) is 18.7 Å². The molecule has 0 aromatic rings. The van der Waals surface area contributed by atoms with Gasteiger partial charge in [0.1, 0.15) is 0 Å². The monoisotopic (exact) mass is 175 g/mol. The Kier molecular flexibility index (Phi) is 3.46. The first-order valence-corrected chi connectivity index (χ1v) is 4.43. The molecule has 1 aliphatic heterocycles. The Hall–Kier alpha value is -0.160. The van der Waals surface area contributed by atoms with Crippen molar-refractivity contribution in [3.8, 4) is 0 Å². The highest BCUT2D eigenvalue weighted by Crippen LogP contribution is 2.17. The highest BCUT2D eigenvalue weighted by molar-refractivity contribution is 4.97. The minimum Gasteiger partial charge on any atom is -0.395 e. The third kappa shape index (κ3) is 1.77. The number of aliphatic hydroxyl groups excluding tert-OH is 3. The summed E-state index contributed by atoms with van der Waals surface area (Å²) in [6, 6.07) is -0.432. The van der Waals surface area contributed by atoms with Gasteiger partial charge in [-0.05, 0) is 6.42 Å². The molecule has 72 valence electrons. The topological polar surface area (TPSA) is 72.7 Å². The second-order valence-corrected chi connectivity index (χ2v) is 3.33. The maximum Gasteiger partial charge on any atom is 0.0989 e. The molecule has 0 saturated carbocycles. The van der Waals surface area contributed by atoms with Crippen molar-refractivity contribution in [2.24, 2.45) is 0 Å². The Balaban J connectivity index is 2.48. The van der Waals surface area contributed by atoms with Crippen molar-refractivity contribution in [3.63, 3.8) is 0 Å². The second kappa shape index (κ2) is 4.18. The molecule has 0 amide bonds. The minimum atomic E-state index is -0.827. The molecule has 1 aliphatic rings. The number of aliphatic hydroxyl groups is 3. The molecule has 1 heterocycles. The van der Waals surface area contributed by atoms with Gasteiger partial charge in [0, 0.05) is 6.04 Å². The molecule has 0 unspecified atom stereocenters. The Labute approximate surface area is 72.2 Å². The first-order valence-electron chi connectivity index (χ1n) is 4.43. The van der Waals surface area contributed by atoms with Crippen LogP contribution < -0.4 is 5.32 Å². The minimum absolute atomic E-state index is 0.0675. The van der Waals surface area contributed by atoms with Gasteiger partial charge in [-0.3, -0.25) is 0 Å². The van der Waals surface area contributed by atoms with Gasteiger partial charge in [0.2, 0.25) is 0 Å². The van der Waals surface area contributed by atoms with E-state index in [9.17, 15) is 10.2 Å². The molecule has 0 bridgehead atoms. The molecule has 0 aromatic carbocycles. The fraction of sp³-hybridized carbons (Fsp3) is 1.00. The van der Waals surface area contributed by atoms with E-state index in [1.165, 1.54) is 0 Å². The molecule has 0 spiro atoms. The van der Waals surface area contributed by atoms with Crippen molar-refractivity contribution in [2.45, 2.75) is 44.1 Å². The SMILES string of the molecule is CCC[C@@H]1N[C@H](CO)[C@H](O)[C@@H]1O. The summed E-state index contributed by atoms with van der Waals surface area (Å²) in [4.78, 5) is 0. The van der Waals surface area contributed by atoms with Crippen molar-refractivity contribution in [1.82, 2.24) is 5.32 Å². The van der Waals surface area contributed by atoms with Gasteiger partial charge in [-0.25, -0.2) is 0 Å². The van der Waals surface area contributed by atoms with Crippen molar-refractivity contribution in [3.05, 3.63) is 0 Å². The molecule has 4 atom stereocenters. The number of hydrogen-bond acceptors (Lipinski definition) is 4. The van der Waals surface area contributed by atoms with Crippen LogP contribution in [0.1, 0.15) is 19.8 Å². The average Bonchev–Trinajstić information content (AvgIpc) is 2.33. The average molecular weight is 175 g/mol. The van der Waals surface area contributed by atoms with E-state index < -0.39 is 12.2 Å². The molecule has 4 nitrogen and oxygen atoms in total. The smallest absolute Gasteiger partial charge is 0.0989 e. The van der Waals surface area contributed by atoms with Crippen LogP contribution in [0, 0.1) is 0 Å². The lowest BCUT2D eigenvalue weighted by Gasteiger charge is -2.14. The second-order valence-electron chi connectivity index (χ2n) is 3.33. The Bertz CT molecular complexity index is 142. The van der Waals surface area contributed by atoms with E-state index in [2.05, 4.69) is 5.32 Å². The predicted octanol–water partition coefficient (Wildman–Crippen LogP) is -1.16. The van der Waals surface area contributed by atoms with E-state index in [1.807, 2.05) is 6.92 Å². The number of hydrogen-bond donors (Lipinski definition) is 4. The highest BCUT2D eigenvalue weighted by Gasteiger charge is 2.39. The molecule has 0 aliphatic carbocycles. The van der Waals surface area contributed by atoms with Crippen LogP contribution in [0.5, 0.6) is 0 Å². The fourth-order valence-corrected chi connectivity index (χ4v) is 1.67. The highest BCUT2D eigenvalue weighted by atomic mass is 16.3. The van der Waals surface area contributed by atoms with Crippen LogP contribution in [0.3, 0.4) is 0 Å². The molecule has 1 rings (SSSR count). The standard InChI is InChI=1S/C8H17NO3/c1-2-3-5-7(11)8(12)6(4-10)9-5/h5-12H,2-4H2,1H3/t5-,6+,7+,8-/m0/s1. The molecular formula is C8H17NO3. The molecule has 1 fully saturated rings. The van der Waals surface area contributed by atoms with Crippen LogP contribution in [-0.2, 0) is 0 Å². The molecule has 4 heteroatoms. The Morgan fingerprint density at radius 2 is 1.75 bits per heavy atom. The lowest BCUT2D eigenvalue weighted by Crippen LogP contribution is -2.36. The van der Waals surface area contributed by atoms with Crippen LogP contribution in [0.15, 0.2) is 0 Å². The van der Waals surface area contributed by atoms with Gasteiger partial charge in [-0.2, -0.15) is 0 Å². The summed E-state index contributed by atoms with van der Waals surface area (Å²) < 4.78 is 0. The van der Waals surface area contributed by atoms with E-state index in [0.29, 0.717) is 0 Å². The van der Waals surface area contributed by atoms with Crippen LogP contribution in [-0.4, -0.2) is 46.2 Å². The molecule has 12 heavy (non-hydrogen) atoms. The fourth-order valence-electron chi connectivity index (χ4n) is 1.67. The summed E-state index contributed by atoms with van der Waals surface area (Å²) in [5.41, 5.74) is 0. The predicted molar refractivity (Wildman–Crippen MR) is 44.7 cm³/mol. The van der Waals surface area contributed by atoms with Crippen molar-refractivity contribution in [1.29, 1.82) is 0 Å². The van der Waals surface area contributed by atoms with Crippen molar-refractivity contribution < 1.29 is 15.3 Å². The first-order chi connectivity index (χ1) is 5.70. The van der Waals surface area contributed by atoms with Gasteiger partial charge in [-0.1, -0.05) is 13.3 Å². The molecule has 0 radical (unpaired) electrons. The molecule has 4 N–H and O–H groups in total. The van der Waals surface area contributed by atoms with E-state index in [1.54, 1.807) is 0 Å². The van der Waals surface area contributed by atoms with E-state index in [0.717, 1.165) is 12.8 Å². The summed E-state index contributed by atoms with van der Waals surface area (Å²) in [5.74, 6) is 0. The zero-order valence-electron chi connectivity index (χ0n) is 7.27. The van der Waals surface area contributed by atoms with E-state index >= 15 is 0 Å². The van der Waals surface area contributed by atoms with Crippen LogP contribution in [0.2, 0.25) is 0 Å². The van der Waals surface area contributed by atoms with Gasteiger partial charge in [0.25, 0.3) is 0 Å². The summed E-state index contributed by atoms with van der Waals surface area (Å²) in [6.45, 7) is 1.89. The number of rotatable bonds is 3. The van der Waals surface area contributed by atoms with Crippen molar-refractivity contribution in [2.75, 3.05) is 6.61 Å². The zero-order chi connectivity index (χ0) is 9.14. The first kappa shape index (κ1) is 9.92. The zero-order valence-corrected chi connectivity index (χ0v) is 7.27. The van der Waals surface area contributed by atoms with Crippen LogP contribution >= 0.6 is 0 Å². The van der Waals surface area contributed by atoms with Gasteiger partial charge >= 0.3 is 0 Å². The third-order valence-electron chi connectivity index (χ3n) is 2.40. The maximum absolute atomic E-state index is 9.47. The number of nitrogens with one attached hydrogen (secondary N) is 1. The van der Waals surface area contributed by atoms with Gasteiger partial charge in [-0.15, -0.1) is 0 Å². The summed E-state index contributed by atoms with van der Waals surface area (Å²) in [5, 5.41) is 30.6. The largest absolute Gasteiger partial charge is 0.395 e. The summed E-state index contributed by atoms with van der Waals surface area (Å²) >= 11 is 0. The van der Waals surface area contributed by atoms with Crippen LogP contribution in [0.25, 0.3) is 0 Å². The molecule has 0 aromatic heterocycles. The molecule has 1 saturated heterocycles. The molecular weight excluding hydrogens is 158 g/mol. The summed E-state index contributed by atoms with van der Waals surface area (Å²) in [7, 11) is 0. The van der Waals surface area contributed by atoms with Gasteiger partial charge < -0.3 is 20.6 Å². The Morgan fingerprint density at radius 1 is 1.17 bits per heavy atom. The third-order valence-corrected chi connectivity index (χ3v) is 2.40. The van der Waals surface area contributed by atoms with Gasteiger partial charge in [0.05, 0.1) is 24.9 Å². The normalized spacial score (nSPS) is 42.0. The quantitative estimate of drug-likeness (QED) is 0.436. The lowest BCUT2D eigenvalue weighted by atomic mass is 10.1. The van der Waals surface area contributed by atoms with E-state index in [4.69, 9.17) is 5.11 Å². The Morgan fingerprint density at radius 3 is 2.17 bits per heavy atom. The maximum atomic E-state index is 9.47. The lowest BCUT2D eigenvalue weighted by molar-refractivity contribution is 0.0188.